The van der Waals surface area contributed by atoms with E-state index in [4.69, 9.17) is 11.6 Å². The molecular weight excluding hydrogens is 361 g/mol. The normalized spacial score (nSPS) is 11.9. The predicted molar refractivity (Wildman–Crippen MR) is 72.6 cm³/mol. The van der Waals surface area contributed by atoms with Crippen molar-refractivity contribution in [3.05, 3.63) is 33.0 Å². The third-order valence-corrected chi connectivity index (χ3v) is 4.81. The highest BCUT2D eigenvalue weighted by atomic mass is 127. The molecule has 0 bridgehead atoms. The maximum atomic E-state index is 11.4. The highest BCUT2D eigenvalue weighted by Crippen LogP contribution is 2.28. The van der Waals surface area contributed by atoms with Gasteiger partial charge in [0.25, 0.3) is 0 Å². The molecule has 0 N–H and O–H groups in total. The van der Waals surface area contributed by atoms with Crippen LogP contribution in [0.4, 0.5) is 0 Å². The Morgan fingerprint density at radius 1 is 1.38 bits per heavy atom. The molecule has 1 aromatic heterocycles. The van der Waals surface area contributed by atoms with Gasteiger partial charge in [-0.05, 0) is 40.8 Å². The summed E-state index contributed by atoms with van der Waals surface area (Å²) in [4.78, 5) is 4.43. The maximum Gasteiger partial charge on any atom is 0.175 e. The first-order chi connectivity index (χ1) is 7.39. The molecule has 0 amide bonds. The number of nitrogens with zero attached hydrogens (tertiary/aromatic N) is 1. The Bertz CT molecular complexity index is 670. The van der Waals surface area contributed by atoms with Crippen molar-refractivity contribution >= 4 is 54.9 Å². The molecule has 0 atom stereocenters. The number of halogens is 2. The average Bonchev–Trinajstić information content (AvgIpc) is 2.22. The molecule has 0 aliphatic carbocycles. The Hall–Kier alpha value is -0.400. The van der Waals surface area contributed by atoms with E-state index in [0.29, 0.717) is 15.9 Å². The summed E-state index contributed by atoms with van der Waals surface area (Å²) in [7, 11) is -3.21. The minimum atomic E-state index is -3.21. The lowest BCUT2D eigenvalue weighted by Gasteiger charge is -2.04. The second-order valence-corrected chi connectivity index (χ2v) is 6.93. The lowest BCUT2D eigenvalue weighted by atomic mass is 10.2. The van der Waals surface area contributed by atoms with Gasteiger partial charge in [-0.2, -0.15) is 0 Å². The molecule has 0 aliphatic rings. The minimum Gasteiger partial charge on any atom is -0.255 e. The van der Waals surface area contributed by atoms with E-state index in [-0.39, 0.29) is 4.90 Å². The zero-order chi connectivity index (χ0) is 11.9. The van der Waals surface area contributed by atoms with E-state index in [9.17, 15) is 8.42 Å². The van der Waals surface area contributed by atoms with Crippen LogP contribution >= 0.6 is 34.2 Å². The Morgan fingerprint density at radius 2 is 2.06 bits per heavy atom. The molecule has 0 fully saturated rings. The molecule has 0 radical (unpaired) electrons. The van der Waals surface area contributed by atoms with Gasteiger partial charge < -0.3 is 0 Å². The van der Waals surface area contributed by atoms with E-state index >= 15 is 0 Å². The zero-order valence-electron chi connectivity index (χ0n) is 8.24. The standard InChI is InChI=1S/C10H7ClINO2S/c1-16(14,15)6-2-3-9-7(4-6)10(11)8(12)5-13-9/h2-5H,1H3. The van der Waals surface area contributed by atoms with Crippen LogP contribution in [0.1, 0.15) is 0 Å². The summed E-state index contributed by atoms with van der Waals surface area (Å²) in [6, 6.07) is 4.75. The first kappa shape index (κ1) is 12.1. The smallest absolute Gasteiger partial charge is 0.175 e. The number of sulfone groups is 1. The van der Waals surface area contributed by atoms with Crippen LogP contribution in [0.25, 0.3) is 10.9 Å². The molecule has 2 aromatic rings. The van der Waals surface area contributed by atoms with Crippen molar-refractivity contribution in [2.45, 2.75) is 4.90 Å². The van der Waals surface area contributed by atoms with Gasteiger partial charge in [0.05, 0.1) is 19.0 Å². The van der Waals surface area contributed by atoms with Crippen LogP contribution < -0.4 is 0 Å². The number of aromatic nitrogens is 1. The van der Waals surface area contributed by atoms with Gasteiger partial charge in [0.2, 0.25) is 0 Å². The van der Waals surface area contributed by atoms with E-state index in [0.717, 1.165) is 3.57 Å². The fourth-order valence-electron chi connectivity index (χ4n) is 1.35. The van der Waals surface area contributed by atoms with Crippen LogP contribution in [-0.4, -0.2) is 19.7 Å². The molecule has 3 nitrogen and oxygen atoms in total. The lowest BCUT2D eigenvalue weighted by molar-refractivity contribution is 0.602. The van der Waals surface area contributed by atoms with Crippen LogP contribution in [0.2, 0.25) is 5.02 Å². The van der Waals surface area contributed by atoms with Crippen molar-refractivity contribution in [1.82, 2.24) is 4.98 Å². The summed E-state index contributed by atoms with van der Waals surface area (Å²) in [6.45, 7) is 0. The average molecular weight is 368 g/mol. The van der Waals surface area contributed by atoms with Crippen molar-refractivity contribution in [3.63, 3.8) is 0 Å². The van der Waals surface area contributed by atoms with Crippen molar-refractivity contribution in [2.24, 2.45) is 0 Å². The van der Waals surface area contributed by atoms with E-state index in [2.05, 4.69) is 27.6 Å². The summed E-state index contributed by atoms with van der Waals surface area (Å²) in [6.07, 6.45) is 2.83. The van der Waals surface area contributed by atoms with E-state index < -0.39 is 9.84 Å². The quantitative estimate of drug-likeness (QED) is 0.728. The van der Waals surface area contributed by atoms with Gasteiger partial charge in [-0.3, -0.25) is 4.98 Å². The highest BCUT2D eigenvalue weighted by Gasteiger charge is 2.11. The van der Waals surface area contributed by atoms with Gasteiger partial charge in [0.1, 0.15) is 0 Å². The van der Waals surface area contributed by atoms with Gasteiger partial charge in [-0.15, -0.1) is 0 Å². The number of fused-ring (bicyclic) bond motifs is 1. The van der Waals surface area contributed by atoms with Crippen molar-refractivity contribution < 1.29 is 8.42 Å². The molecular formula is C10H7ClINO2S. The van der Waals surface area contributed by atoms with Crippen LogP contribution in [-0.2, 0) is 9.84 Å². The molecule has 0 saturated heterocycles. The van der Waals surface area contributed by atoms with Gasteiger partial charge in [0, 0.05) is 17.8 Å². The Kier molecular flexibility index (Phi) is 3.11. The van der Waals surface area contributed by atoms with Crippen molar-refractivity contribution in [1.29, 1.82) is 0 Å². The van der Waals surface area contributed by atoms with Crippen LogP contribution in [0.5, 0.6) is 0 Å². The topological polar surface area (TPSA) is 47.0 Å². The molecule has 0 spiro atoms. The monoisotopic (exact) mass is 367 g/mol. The largest absolute Gasteiger partial charge is 0.255 e. The number of rotatable bonds is 1. The molecule has 16 heavy (non-hydrogen) atoms. The summed E-state index contributed by atoms with van der Waals surface area (Å²) < 4.78 is 23.6. The van der Waals surface area contributed by atoms with Crippen LogP contribution in [0.3, 0.4) is 0 Å². The van der Waals surface area contributed by atoms with Gasteiger partial charge in [-0.1, -0.05) is 11.6 Å². The number of benzene rings is 1. The van der Waals surface area contributed by atoms with E-state index in [1.807, 2.05) is 0 Å². The first-order valence-electron chi connectivity index (χ1n) is 4.33. The van der Waals surface area contributed by atoms with Crippen molar-refractivity contribution in [2.75, 3.05) is 6.26 Å². The molecule has 0 unspecified atom stereocenters. The minimum absolute atomic E-state index is 0.255. The van der Waals surface area contributed by atoms with E-state index in [1.54, 1.807) is 18.3 Å². The lowest BCUT2D eigenvalue weighted by Crippen LogP contribution is -1.97. The van der Waals surface area contributed by atoms with Gasteiger partial charge >= 0.3 is 0 Å². The molecule has 1 heterocycles. The Balaban J connectivity index is 2.84. The van der Waals surface area contributed by atoms with Crippen molar-refractivity contribution in [3.8, 4) is 0 Å². The summed E-state index contributed by atoms with van der Waals surface area (Å²) in [5.74, 6) is 0. The molecule has 84 valence electrons. The van der Waals surface area contributed by atoms with Crippen LogP contribution in [0, 0.1) is 3.57 Å². The summed E-state index contributed by atoms with van der Waals surface area (Å²) >= 11 is 8.17. The number of hydrogen-bond donors (Lipinski definition) is 0. The first-order valence-corrected chi connectivity index (χ1v) is 7.68. The number of pyridine rings is 1. The third-order valence-electron chi connectivity index (χ3n) is 2.16. The molecule has 2 rings (SSSR count). The van der Waals surface area contributed by atoms with Gasteiger partial charge in [0.15, 0.2) is 9.84 Å². The zero-order valence-corrected chi connectivity index (χ0v) is 12.0. The molecule has 6 heteroatoms. The van der Waals surface area contributed by atoms with Gasteiger partial charge in [-0.25, -0.2) is 8.42 Å². The number of hydrogen-bond acceptors (Lipinski definition) is 3. The maximum absolute atomic E-state index is 11.4. The molecule has 1 aromatic carbocycles. The van der Waals surface area contributed by atoms with E-state index in [1.165, 1.54) is 12.3 Å². The second-order valence-electron chi connectivity index (χ2n) is 3.37. The SMILES string of the molecule is CS(=O)(=O)c1ccc2ncc(I)c(Cl)c2c1. The summed E-state index contributed by atoms with van der Waals surface area (Å²) in [5, 5.41) is 1.20. The molecule has 0 saturated carbocycles. The Labute approximate surface area is 112 Å². The highest BCUT2D eigenvalue weighted by molar-refractivity contribution is 14.1. The fraction of sp³-hybridized carbons (Fsp3) is 0.100. The Morgan fingerprint density at radius 3 is 2.69 bits per heavy atom. The third kappa shape index (κ3) is 2.16. The fourth-order valence-corrected chi connectivity index (χ4v) is 2.62. The second kappa shape index (κ2) is 4.12. The predicted octanol–water partition coefficient (Wildman–Crippen LogP) is 2.90. The van der Waals surface area contributed by atoms with Crippen LogP contribution in [0.15, 0.2) is 29.3 Å². The summed E-state index contributed by atoms with van der Waals surface area (Å²) in [5.41, 5.74) is 0.692. The molecule has 0 aliphatic heterocycles.